The molecule has 0 fully saturated rings. The molecule has 2 aromatic carbocycles. The van der Waals surface area contributed by atoms with Gasteiger partial charge in [-0.3, -0.25) is 10.1 Å². The number of hydrogen-bond donors (Lipinski definition) is 1. The van der Waals surface area contributed by atoms with Crippen LogP contribution in [0.3, 0.4) is 0 Å². The number of para-hydroxylation sites is 2. The molecule has 4 heteroatoms. The summed E-state index contributed by atoms with van der Waals surface area (Å²) >= 11 is 0. The Bertz CT molecular complexity index is 908. The minimum absolute atomic E-state index is 0.161. The molecule has 1 amide bonds. The normalized spacial score (nSPS) is 10.8. The maximum atomic E-state index is 12.6. The molecule has 3 rings (SSSR count). The number of nitrogens with zero attached hydrogens (tertiary/aromatic N) is 2. The third kappa shape index (κ3) is 3.08. The van der Waals surface area contributed by atoms with Crippen molar-refractivity contribution in [3.8, 4) is 0 Å². The Balaban J connectivity index is 1.94. The van der Waals surface area contributed by atoms with Crippen molar-refractivity contribution >= 4 is 28.5 Å². The molecule has 0 unspecified atom stereocenters. The summed E-state index contributed by atoms with van der Waals surface area (Å²) in [6.45, 7) is 8.77. The number of carbonyl (C=O) groups is 1. The van der Waals surface area contributed by atoms with E-state index < -0.39 is 0 Å². The van der Waals surface area contributed by atoms with Crippen LogP contribution >= 0.6 is 0 Å². The first-order valence-electron chi connectivity index (χ1n) is 8.12. The number of anilines is 1. The number of carbonyl (C=O) groups excluding carboxylic acids is 1. The first kappa shape index (κ1) is 16.0. The molecule has 0 atom stereocenters. The van der Waals surface area contributed by atoms with E-state index in [2.05, 4.69) is 28.4 Å². The number of amides is 1. The standard InChI is InChI=1S/C20H21N3O/c1-4-12-23-18-11-6-5-10-17(18)21-20(23)22-19(24)16-9-7-8-15(13-16)14(2)3/h5-11,13H,2,4,12H2,1,3H3,(H,21,22,24). The second kappa shape index (κ2) is 6.71. The average Bonchev–Trinajstić information content (AvgIpc) is 2.93. The highest BCUT2D eigenvalue weighted by Gasteiger charge is 2.14. The maximum absolute atomic E-state index is 12.6. The first-order chi connectivity index (χ1) is 11.6. The zero-order valence-corrected chi connectivity index (χ0v) is 14.0. The zero-order valence-electron chi connectivity index (χ0n) is 14.0. The van der Waals surface area contributed by atoms with Gasteiger partial charge in [0.1, 0.15) is 0 Å². The van der Waals surface area contributed by atoms with Gasteiger partial charge in [0.15, 0.2) is 0 Å². The van der Waals surface area contributed by atoms with Gasteiger partial charge in [-0.05, 0) is 43.2 Å². The van der Waals surface area contributed by atoms with Crippen LogP contribution in [0.5, 0.6) is 0 Å². The maximum Gasteiger partial charge on any atom is 0.257 e. The third-order valence-electron chi connectivity index (χ3n) is 3.94. The number of allylic oxidation sites excluding steroid dienone is 1. The van der Waals surface area contributed by atoms with E-state index in [9.17, 15) is 4.79 Å². The number of aromatic nitrogens is 2. The SMILES string of the molecule is C=C(C)c1cccc(C(=O)Nc2nc3ccccc3n2CCC)c1. The molecule has 4 nitrogen and oxygen atoms in total. The van der Waals surface area contributed by atoms with E-state index in [1.807, 2.05) is 49.4 Å². The van der Waals surface area contributed by atoms with E-state index in [0.717, 1.165) is 35.1 Å². The number of aryl methyl sites for hydroxylation is 1. The Morgan fingerprint density at radius 1 is 1.17 bits per heavy atom. The zero-order chi connectivity index (χ0) is 17.1. The number of nitrogens with one attached hydrogen (secondary N) is 1. The minimum atomic E-state index is -0.161. The van der Waals surface area contributed by atoms with Crippen LogP contribution in [0.1, 0.15) is 36.2 Å². The van der Waals surface area contributed by atoms with Crippen molar-refractivity contribution in [1.82, 2.24) is 9.55 Å². The molecule has 0 bridgehead atoms. The van der Waals surface area contributed by atoms with Crippen molar-refractivity contribution in [2.24, 2.45) is 0 Å². The van der Waals surface area contributed by atoms with E-state index in [1.165, 1.54) is 0 Å². The highest BCUT2D eigenvalue weighted by atomic mass is 16.1. The number of hydrogen-bond acceptors (Lipinski definition) is 2. The van der Waals surface area contributed by atoms with Gasteiger partial charge in [-0.25, -0.2) is 4.98 Å². The van der Waals surface area contributed by atoms with Crippen LogP contribution in [-0.4, -0.2) is 15.5 Å². The topological polar surface area (TPSA) is 46.9 Å². The van der Waals surface area contributed by atoms with Gasteiger partial charge in [0.25, 0.3) is 5.91 Å². The van der Waals surface area contributed by atoms with Crippen molar-refractivity contribution in [3.05, 3.63) is 66.2 Å². The van der Waals surface area contributed by atoms with Crippen molar-refractivity contribution in [3.63, 3.8) is 0 Å². The van der Waals surface area contributed by atoms with Crippen LogP contribution in [0.4, 0.5) is 5.95 Å². The molecule has 24 heavy (non-hydrogen) atoms. The summed E-state index contributed by atoms with van der Waals surface area (Å²) in [4.78, 5) is 17.2. The Kier molecular flexibility index (Phi) is 4.47. The van der Waals surface area contributed by atoms with Gasteiger partial charge >= 0.3 is 0 Å². The fraction of sp³-hybridized carbons (Fsp3) is 0.200. The average molecular weight is 319 g/mol. The van der Waals surface area contributed by atoms with Gasteiger partial charge in [0, 0.05) is 12.1 Å². The van der Waals surface area contributed by atoms with Crippen LogP contribution in [0.15, 0.2) is 55.1 Å². The molecule has 0 spiro atoms. The van der Waals surface area contributed by atoms with Crippen LogP contribution in [-0.2, 0) is 6.54 Å². The van der Waals surface area contributed by atoms with E-state index in [1.54, 1.807) is 6.07 Å². The van der Waals surface area contributed by atoms with E-state index in [-0.39, 0.29) is 5.91 Å². The quantitative estimate of drug-likeness (QED) is 0.739. The predicted octanol–water partition coefficient (Wildman–Crippen LogP) is 4.73. The number of benzene rings is 2. The summed E-state index contributed by atoms with van der Waals surface area (Å²) in [6, 6.07) is 15.4. The van der Waals surface area contributed by atoms with Crippen molar-refractivity contribution in [1.29, 1.82) is 0 Å². The smallest absolute Gasteiger partial charge is 0.257 e. The lowest BCUT2D eigenvalue weighted by Gasteiger charge is -2.09. The Labute approximate surface area is 141 Å². The van der Waals surface area contributed by atoms with Gasteiger partial charge in [-0.2, -0.15) is 0 Å². The van der Waals surface area contributed by atoms with Gasteiger partial charge < -0.3 is 4.57 Å². The van der Waals surface area contributed by atoms with Crippen LogP contribution in [0.25, 0.3) is 16.6 Å². The number of rotatable bonds is 5. The van der Waals surface area contributed by atoms with Crippen LogP contribution in [0, 0.1) is 0 Å². The highest BCUT2D eigenvalue weighted by molar-refractivity contribution is 6.04. The monoisotopic (exact) mass is 319 g/mol. The molecule has 0 saturated carbocycles. The molecule has 0 aliphatic rings. The second-order valence-corrected chi connectivity index (χ2v) is 5.89. The molecule has 0 saturated heterocycles. The van der Waals surface area contributed by atoms with Crippen molar-refractivity contribution in [2.75, 3.05) is 5.32 Å². The summed E-state index contributed by atoms with van der Waals surface area (Å²) in [7, 11) is 0. The molecule has 1 aromatic heterocycles. The lowest BCUT2D eigenvalue weighted by molar-refractivity contribution is 0.102. The molecule has 0 radical (unpaired) electrons. The summed E-state index contributed by atoms with van der Waals surface area (Å²) in [5, 5.41) is 2.95. The fourth-order valence-corrected chi connectivity index (χ4v) is 2.72. The molecule has 3 aromatic rings. The van der Waals surface area contributed by atoms with Gasteiger partial charge in [-0.15, -0.1) is 0 Å². The predicted molar refractivity (Wildman–Crippen MR) is 99.1 cm³/mol. The number of imidazole rings is 1. The molecular weight excluding hydrogens is 298 g/mol. The minimum Gasteiger partial charge on any atom is -0.310 e. The molecule has 0 aliphatic heterocycles. The Morgan fingerprint density at radius 2 is 1.92 bits per heavy atom. The van der Waals surface area contributed by atoms with Gasteiger partial charge in [0.05, 0.1) is 11.0 Å². The van der Waals surface area contributed by atoms with E-state index >= 15 is 0 Å². The van der Waals surface area contributed by atoms with Crippen LogP contribution < -0.4 is 5.32 Å². The summed E-state index contributed by atoms with van der Waals surface area (Å²) in [5.74, 6) is 0.425. The fourth-order valence-electron chi connectivity index (χ4n) is 2.72. The third-order valence-corrected chi connectivity index (χ3v) is 3.94. The summed E-state index contributed by atoms with van der Waals surface area (Å²) < 4.78 is 2.05. The molecule has 122 valence electrons. The van der Waals surface area contributed by atoms with Gasteiger partial charge in [-0.1, -0.05) is 43.3 Å². The number of fused-ring (bicyclic) bond motifs is 1. The molecule has 0 aliphatic carbocycles. The second-order valence-electron chi connectivity index (χ2n) is 5.89. The van der Waals surface area contributed by atoms with E-state index in [4.69, 9.17) is 0 Å². The summed E-state index contributed by atoms with van der Waals surface area (Å²) in [6.07, 6.45) is 0.967. The first-order valence-corrected chi connectivity index (χ1v) is 8.12. The largest absolute Gasteiger partial charge is 0.310 e. The molecule has 1 N–H and O–H groups in total. The Morgan fingerprint density at radius 3 is 2.67 bits per heavy atom. The van der Waals surface area contributed by atoms with Gasteiger partial charge in [0.2, 0.25) is 5.95 Å². The van der Waals surface area contributed by atoms with Crippen LogP contribution in [0.2, 0.25) is 0 Å². The lowest BCUT2D eigenvalue weighted by atomic mass is 10.1. The van der Waals surface area contributed by atoms with Crippen molar-refractivity contribution in [2.45, 2.75) is 26.8 Å². The highest BCUT2D eigenvalue weighted by Crippen LogP contribution is 2.21. The lowest BCUT2D eigenvalue weighted by Crippen LogP contribution is -2.16. The van der Waals surface area contributed by atoms with Crippen molar-refractivity contribution < 1.29 is 4.79 Å². The molecular formula is C20H21N3O. The van der Waals surface area contributed by atoms with E-state index in [0.29, 0.717) is 11.5 Å². The Hall–Kier alpha value is -2.88. The summed E-state index contributed by atoms with van der Waals surface area (Å²) in [5.41, 5.74) is 4.42. The molecule has 1 heterocycles.